The first-order chi connectivity index (χ1) is 6.77. The van der Waals surface area contributed by atoms with Crippen LogP contribution in [-0.4, -0.2) is 22.5 Å². The van der Waals surface area contributed by atoms with Gasteiger partial charge in [-0.05, 0) is 25.7 Å². The highest BCUT2D eigenvalue weighted by Crippen LogP contribution is 2.28. The molecule has 1 aliphatic rings. The Balaban J connectivity index is 2.65. The fraction of sp³-hybridized carbons (Fsp3) is 0.917. The largest absolute Gasteiger partial charge is 0.359 e. The zero-order chi connectivity index (χ0) is 11.7. The fourth-order valence-corrected chi connectivity index (χ4v) is 2.47. The van der Waals surface area contributed by atoms with Gasteiger partial charge in [0.2, 0.25) is 0 Å². The van der Waals surface area contributed by atoms with Crippen molar-refractivity contribution in [1.82, 2.24) is 5.32 Å². The molecular formula is C12H24N2S. The number of hydrogen-bond donors (Lipinski definition) is 1. The third-order valence-electron chi connectivity index (χ3n) is 3.28. The zero-order valence-corrected chi connectivity index (χ0v) is 11.7. The third kappa shape index (κ3) is 3.40. The van der Waals surface area contributed by atoms with Crippen LogP contribution >= 0.6 is 11.8 Å². The van der Waals surface area contributed by atoms with Gasteiger partial charge < -0.3 is 5.32 Å². The van der Waals surface area contributed by atoms with Crippen molar-refractivity contribution in [1.29, 1.82) is 0 Å². The van der Waals surface area contributed by atoms with E-state index < -0.39 is 0 Å². The monoisotopic (exact) mass is 228 g/mol. The van der Waals surface area contributed by atoms with E-state index in [0.29, 0.717) is 6.04 Å². The number of aliphatic imine (C=N–C) groups is 1. The molecular weight excluding hydrogens is 204 g/mol. The van der Waals surface area contributed by atoms with Crippen molar-refractivity contribution in [3.05, 3.63) is 0 Å². The van der Waals surface area contributed by atoms with Gasteiger partial charge in [-0.3, -0.25) is 4.99 Å². The summed E-state index contributed by atoms with van der Waals surface area (Å²) in [4.78, 5) is 4.76. The molecule has 1 fully saturated rings. The van der Waals surface area contributed by atoms with Gasteiger partial charge in [-0.15, -0.1) is 0 Å². The van der Waals surface area contributed by atoms with Crippen molar-refractivity contribution >= 4 is 16.9 Å². The Morgan fingerprint density at radius 2 is 2.13 bits per heavy atom. The predicted molar refractivity (Wildman–Crippen MR) is 70.6 cm³/mol. The van der Waals surface area contributed by atoms with Crippen LogP contribution in [0.2, 0.25) is 0 Å². The molecule has 0 aromatic rings. The van der Waals surface area contributed by atoms with Crippen molar-refractivity contribution in [2.24, 2.45) is 10.4 Å². The van der Waals surface area contributed by atoms with Gasteiger partial charge in [0, 0.05) is 11.3 Å². The van der Waals surface area contributed by atoms with Crippen LogP contribution in [-0.2, 0) is 0 Å². The van der Waals surface area contributed by atoms with Crippen molar-refractivity contribution in [3.63, 3.8) is 0 Å². The second-order valence-corrected chi connectivity index (χ2v) is 6.77. The van der Waals surface area contributed by atoms with E-state index in [9.17, 15) is 0 Å². The van der Waals surface area contributed by atoms with E-state index in [0.717, 1.165) is 17.3 Å². The lowest BCUT2D eigenvalue weighted by Crippen LogP contribution is -2.40. The minimum atomic E-state index is 0.250. The van der Waals surface area contributed by atoms with Crippen molar-refractivity contribution in [2.45, 2.75) is 59.5 Å². The summed E-state index contributed by atoms with van der Waals surface area (Å²) in [6, 6.07) is 0.367. The number of nitrogens with one attached hydrogen (secondary N) is 1. The lowest BCUT2D eigenvalue weighted by molar-refractivity contribution is 0.340. The Labute approximate surface area is 98.3 Å². The molecule has 0 aliphatic carbocycles. The van der Waals surface area contributed by atoms with Gasteiger partial charge in [0.05, 0.1) is 6.04 Å². The van der Waals surface area contributed by atoms with Gasteiger partial charge in [0.15, 0.2) is 5.17 Å². The molecule has 0 aromatic heterocycles. The molecule has 0 radical (unpaired) electrons. The lowest BCUT2D eigenvalue weighted by atomic mass is 9.89. The van der Waals surface area contributed by atoms with E-state index in [4.69, 9.17) is 4.99 Å². The third-order valence-corrected chi connectivity index (χ3v) is 4.54. The topological polar surface area (TPSA) is 24.4 Å². The molecule has 1 heterocycles. The maximum absolute atomic E-state index is 4.76. The van der Waals surface area contributed by atoms with Gasteiger partial charge in [0.1, 0.15) is 0 Å². The molecule has 88 valence electrons. The molecule has 2 nitrogen and oxygen atoms in total. The number of nitrogens with zero attached hydrogens (tertiary/aromatic N) is 1. The molecule has 0 spiro atoms. The maximum Gasteiger partial charge on any atom is 0.157 e. The molecule has 0 aromatic carbocycles. The average Bonchev–Trinajstić information content (AvgIpc) is 2.47. The first-order valence-corrected chi connectivity index (χ1v) is 6.74. The second kappa shape index (κ2) is 4.36. The first-order valence-electron chi connectivity index (χ1n) is 5.75. The molecule has 1 saturated heterocycles. The lowest BCUT2D eigenvalue weighted by Gasteiger charge is -2.25. The Morgan fingerprint density at radius 3 is 2.53 bits per heavy atom. The van der Waals surface area contributed by atoms with E-state index in [1.54, 1.807) is 0 Å². The molecule has 1 rings (SSSR count). The maximum atomic E-state index is 4.76. The Bertz CT molecular complexity index is 255. The van der Waals surface area contributed by atoms with E-state index in [1.807, 2.05) is 11.8 Å². The minimum absolute atomic E-state index is 0.250. The predicted octanol–water partition coefficient (Wildman–Crippen LogP) is 3.28. The first kappa shape index (κ1) is 12.9. The molecule has 1 aliphatic heterocycles. The Hall–Kier alpha value is -0.180. The van der Waals surface area contributed by atoms with Crippen LogP contribution in [0.1, 0.15) is 48.0 Å². The summed E-state index contributed by atoms with van der Waals surface area (Å²) in [5, 5.41) is 4.66. The minimum Gasteiger partial charge on any atom is -0.359 e. The van der Waals surface area contributed by atoms with Crippen molar-refractivity contribution in [3.8, 4) is 0 Å². The van der Waals surface area contributed by atoms with Crippen molar-refractivity contribution < 1.29 is 0 Å². The van der Waals surface area contributed by atoms with Crippen LogP contribution in [0.3, 0.4) is 0 Å². The highest BCUT2D eigenvalue weighted by Gasteiger charge is 2.31. The van der Waals surface area contributed by atoms with E-state index in [-0.39, 0.29) is 11.0 Å². The van der Waals surface area contributed by atoms with Crippen molar-refractivity contribution in [2.75, 3.05) is 5.75 Å². The van der Waals surface area contributed by atoms with Gasteiger partial charge in [-0.1, -0.05) is 39.5 Å². The quantitative estimate of drug-likeness (QED) is 0.784. The molecule has 0 bridgehead atoms. The van der Waals surface area contributed by atoms with E-state index in [1.165, 1.54) is 0 Å². The van der Waals surface area contributed by atoms with E-state index in [2.05, 4.69) is 46.9 Å². The normalized spacial score (nSPS) is 31.7. The molecule has 0 amide bonds. The summed E-state index contributed by atoms with van der Waals surface area (Å²) in [5.74, 6) is 1.14. The number of amidine groups is 1. The molecule has 1 N–H and O–H groups in total. The summed E-state index contributed by atoms with van der Waals surface area (Å²) in [6.45, 7) is 13.4. The molecule has 3 heteroatoms. The highest BCUT2D eigenvalue weighted by molar-refractivity contribution is 8.14. The fourth-order valence-electron chi connectivity index (χ4n) is 1.19. The number of hydrogen-bond acceptors (Lipinski definition) is 2. The number of thioether (sulfide) groups is 1. The summed E-state index contributed by atoms with van der Waals surface area (Å²) >= 11 is 1.86. The van der Waals surface area contributed by atoms with Gasteiger partial charge in [0.25, 0.3) is 0 Å². The summed E-state index contributed by atoms with van der Waals surface area (Å²) in [6.07, 6.45) is 1.16. The standard InChI is InChI=1S/C12H24N2S/c1-7-12(6)8-15-10(14-12)13-9(2)11(3,4)5/h9H,7-8H2,1-6H3,(H,13,14). The summed E-state index contributed by atoms with van der Waals surface area (Å²) in [7, 11) is 0. The molecule has 2 atom stereocenters. The SMILES string of the molecule is CCC1(C)CSC(=NC(C)C(C)(C)C)N1. The molecule has 0 saturated carbocycles. The number of rotatable bonds is 2. The van der Waals surface area contributed by atoms with E-state index >= 15 is 0 Å². The Kier molecular flexibility index (Phi) is 3.75. The molecule has 2 unspecified atom stereocenters. The van der Waals surface area contributed by atoms with Crippen LogP contribution in [0.15, 0.2) is 4.99 Å². The smallest absolute Gasteiger partial charge is 0.157 e. The summed E-state index contributed by atoms with van der Waals surface area (Å²) in [5.41, 5.74) is 0.502. The highest BCUT2D eigenvalue weighted by atomic mass is 32.2. The zero-order valence-electron chi connectivity index (χ0n) is 10.8. The van der Waals surface area contributed by atoms with Gasteiger partial charge >= 0.3 is 0 Å². The van der Waals surface area contributed by atoms with Crippen LogP contribution < -0.4 is 5.32 Å². The van der Waals surface area contributed by atoms with Crippen LogP contribution in [0.25, 0.3) is 0 Å². The van der Waals surface area contributed by atoms with Crippen LogP contribution in [0.4, 0.5) is 0 Å². The Morgan fingerprint density at radius 1 is 1.53 bits per heavy atom. The molecule has 15 heavy (non-hydrogen) atoms. The average molecular weight is 228 g/mol. The van der Waals surface area contributed by atoms with Gasteiger partial charge in [-0.2, -0.15) is 0 Å². The van der Waals surface area contributed by atoms with Crippen LogP contribution in [0.5, 0.6) is 0 Å². The van der Waals surface area contributed by atoms with Gasteiger partial charge in [-0.25, -0.2) is 0 Å². The second-order valence-electron chi connectivity index (χ2n) is 5.80. The van der Waals surface area contributed by atoms with Crippen LogP contribution in [0, 0.1) is 5.41 Å². The summed E-state index contributed by atoms with van der Waals surface area (Å²) < 4.78 is 0.